The molecule has 0 aromatic carbocycles. The van der Waals surface area contributed by atoms with Crippen molar-refractivity contribution in [3.05, 3.63) is 0 Å². The van der Waals surface area contributed by atoms with Crippen LogP contribution in [0.5, 0.6) is 0 Å². The lowest BCUT2D eigenvalue weighted by atomic mass is 10.2. The van der Waals surface area contributed by atoms with Crippen molar-refractivity contribution in [2.75, 3.05) is 26.2 Å². The Kier molecular flexibility index (Phi) is 6.08. The van der Waals surface area contributed by atoms with Crippen molar-refractivity contribution in [1.82, 2.24) is 10.6 Å². The summed E-state index contributed by atoms with van der Waals surface area (Å²) in [5, 5.41) is 4.04. The maximum Gasteiger partial charge on any atom is 0.456 e. The van der Waals surface area contributed by atoms with Crippen molar-refractivity contribution < 1.29 is 22.0 Å². The van der Waals surface area contributed by atoms with Gasteiger partial charge in [-0.05, 0) is 0 Å². The molecule has 98 valence electrons. The zero-order valence-corrected chi connectivity index (χ0v) is 8.45. The van der Waals surface area contributed by atoms with Gasteiger partial charge in [-0.15, -0.1) is 0 Å². The Morgan fingerprint density at radius 3 is 1.56 bits per heavy atom. The van der Waals surface area contributed by atoms with E-state index in [1.54, 1.807) is 0 Å². The molecular weight excluding hydrogens is 235 g/mol. The predicted molar refractivity (Wildman–Crippen MR) is 48.9 cm³/mol. The van der Waals surface area contributed by atoms with Gasteiger partial charge in [0, 0.05) is 26.2 Å². The number of rotatable bonds is 2. The maximum absolute atomic E-state index is 12.4. The molecule has 0 aliphatic carbocycles. The first-order valence-corrected chi connectivity index (χ1v) is 4.58. The molecule has 0 spiro atoms. The zero-order valence-electron chi connectivity index (χ0n) is 8.45. The van der Waals surface area contributed by atoms with Crippen LogP contribution >= 0.6 is 0 Å². The highest BCUT2D eigenvalue weighted by molar-refractivity contribution is 4.91. The van der Waals surface area contributed by atoms with Crippen molar-refractivity contribution in [1.29, 1.82) is 0 Å². The molecule has 0 amide bonds. The molecule has 0 atom stereocenters. The zero-order chi connectivity index (χ0) is 12.8. The molecule has 1 fully saturated rings. The van der Waals surface area contributed by atoms with E-state index in [1.165, 1.54) is 0 Å². The van der Waals surface area contributed by atoms with E-state index in [4.69, 9.17) is 11.5 Å². The van der Waals surface area contributed by atoms with Crippen LogP contribution in [0.25, 0.3) is 0 Å². The highest BCUT2D eigenvalue weighted by Gasteiger charge is 2.62. The molecular formula is C7H15F5N4. The predicted octanol–water partition coefficient (Wildman–Crippen LogP) is -0.393. The summed E-state index contributed by atoms with van der Waals surface area (Å²) in [5.74, 6) is -4.70. The van der Waals surface area contributed by atoms with Crippen LogP contribution < -0.4 is 22.1 Å². The topological polar surface area (TPSA) is 76.1 Å². The van der Waals surface area contributed by atoms with E-state index in [9.17, 15) is 22.0 Å². The third kappa shape index (κ3) is 4.16. The van der Waals surface area contributed by atoms with Crippen LogP contribution in [-0.2, 0) is 0 Å². The van der Waals surface area contributed by atoms with Gasteiger partial charge in [0.25, 0.3) is 0 Å². The van der Waals surface area contributed by atoms with Gasteiger partial charge in [0.2, 0.25) is 0 Å². The molecule has 1 aliphatic heterocycles. The molecule has 0 bridgehead atoms. The Hall–Kier alpha value is -0.510. The molecule has 0 aromatic rings. The molecule has 1 rings (SSSR count). The molecule has 0 radical (unpaired) electrons. The van der Waals surface area contributed by atoms with Gasteiger partial charge in [-0.25, -0.2) is 0 Å². The first-order chi connectivity index (χ1) is 7.27. The average Bonchev–Trinajstić information content (AvgIpc) is 2.69. The second-order valence-electron chi connectivity index (χ2n) is 3.04. The fraction of sp³-hybridized carbons (Fsp3) is 1.00. The molecule has 1 aliphatic rings. The summed E-state index contributed by atoms with van der Waals surface area (Å²) < 4.78 is 59.7. The fourth-order valence-electron chi connectivity index (χ4n) is 0.925. The molecule has 1 saturated heterocycles. The molecule has 4 nitrogen and oxygen atoms in total. The van der Waals surface area contributed by atoms with E-state index in [0.717, 1.165) is 0 Å². The van der Waals surface area contributed by atoms with Gasteiger partial charge >= 0.3 is 12.1 Å². The van der Waals surface area contributed by atoms with E-state index >= 15 is 0 Å². The third-order valence-corrected chi connectivity index (χ3v) is 1.73. The SMILES string of the molecule is FC(F)(F)C(F)(F)C1NCCN1.NCCN. The normalized spacial score (nSPS) is 18.2. The van der Waals surface area contributed by atoms with Crippen LogP contribution in [-0.4, -0.2) is 44.4 Å². The van der Waals surface area contributed by atoms with E-state index in [-0.39, 0.29) is 13.1 Å². The number of hydrogen-bond acceptors (Lipinski definition) is 4. The highest BCUT2D eigenvalue weighted by atomic mass is 19.4. The molecule has 16 heavy (non-hydrogen) atoms. The number of alkyl halides is 5. The van der Waals surface area contributed by atoms with Crippen molar-refractivity contribution in [3.8, 4) is 0 Å². The number of nitrogens with two attached hydrogens (primary N) is 2. The number of halogens is 5. The van der Waals surface area contributed by atoms with Gasteiger partial charge in [-0.2, -0.15) is 22.0 Å². The van der Waals surface area contributed by atoms with Crippen LogP contribution in [0, 0.1) is 0 Å². The van der Waals surface area contributed by atoms with E-state index in [0.29, 0.717) is 13.1 Å². The second-order valence-corrected chi connectivity index (χ2v) is 3.04. The van der Waals surface area contributed by atoms with Gasteiger partial charge in [0.1, 0.15) is 6.17 Å². The van der Waals surface area contributed by atoms with Crippen LogP contribution in [0.3, 0.4) is 0 Å². The Bertz CT molecular complexity index is 188. The summed E-state index contributed by atoms with van der Waals surface area (Å²) >= 11 is 0. The molecule has 6 N–H and O–H groups in total. The van der Waals surface area contributed by atoms with Gasteiger partial charge in [-0.1, -0.05) is 0 Å². The van der Waals surface area contributed by atoms with E-state index in [1.807, 2.05) is 10.6 Å². The summed E-state index contributed by atoms with van der Waals surface area (Å²) in [6, 6.07) is 0. The highest BCUT2D eigenvalue weighted by Crippen LogP contribution is 2.37. The minimum atomic E-state index is -5.50. The molecule has 0 unspecified atom stereocenters. The second kappa shape index (κ2) is 6.28. The maximum atomic E-state index is 12.4. The summed E-state index contributed by atoms with van der Waals surface area (Å²) in [5.41, 5.74) is 9.81. The summed E-state index contributed by atoms with van der Waals surface area (Å²) in [6.45, 7) is 1.44. The lowest BCUT2D eigenvalue weighted by Gasteiger charge is -2.25. The Balaban J connectivity index is 0.000000487. The summed E-state index contributed by atoms with van der Waals surface area (Å²) in [7, 11) is 0. The van der Waals surface area contributed by atoms with Gasteiger partial charge < -0.3 is 11.5 Å². The molecule has 0 saturated carbocycles. The number of nitrogens with one attached hydrogen (secondary N) is 2. The largest absolute Gasteiger partial charge is 0.456 e. The van der Waals surface area contributed by atoms with Crippen LogP contribution in [0.2, 0.25) is 0 Å². The monoisotopic (exact) mass is 250 g/mol. The first-order valence-electron chi connectivity index (χ1n) is 4.58. The number of hydrogen-bond donors (Lipinski definition) is 4. The average molecular weight is 250 g/mol. The van der Waals surface area contributed by atoms with E-state index in [2.05, 4.69) is 0 Å². The van der Waals surface area contributed by atoms with Crippen molar-refractivity contribution in [2.45, 2.75) is 18.3 Å². The van der Waals surface area contributed by atoms with Crippen LogP contribution in [0.15, 0.2) is 0 Å². The molecule has 0 aromatic heterocycles. The van der Waals surface area contributed by atoms with Crippen molar-refractivity contribution in [2.24, 2.45) is 11.5 Å². The van der Waals surface area contributed by atoms with Crippen LogP contribution in [0.4, 0.5) is 22.0 Å². The van der Waals surface area contributed by atoms with Gasteiger partial charge in [0.15, 0.2) is 0 Å². The Morgan fingerprint density at radius 2 is 1.31 bits per heavy atom. The minimum absolute atomic E-state index is 0.121. The van der Waals surface area contributed by atoms with Crippen molar-refractivity contribution >= 4 is 0 Å². The molecule has 1 heterocycles. The lowest BCUT2D eigenvalue weighted by molar-refractivity contribution is -0.293. The third-order valence-electron chi connectivity index (χ3n) is 1.73. The Morgan fingerprint density at radius 1 is 0.938 bits per heavy atom. The fourth-order valence-corrected chi connectivity index (χ4v) is 0.925. The van der Waals surface area contributed by atoms with Crippen molar-refractivity contribution in [3.63, 3.8) is 0 Å². The standard InChI is InChI=1S/C5H7F5N2.C2H8N2/c6-4(7,5(8,9)10)3-11-1-2-12-3;3-1-2-4/h3,11-12H,1-2H2;1-4H2. The van der Waals surface area contributed by atoms with Crippen LogP contribution in [0.1, 0.15) is 0 Å². The Labute approximate surface area is 89.5 Å². The molecule has 9 heteroatoms. The summed E-state index contributed by atoms with van der Waals surface area (Å²) in [4.78, 5) is 0. The quantitative estimate of drug-likeness (QED) is 0.503. The van der Waals surface area contributed by atoms with E-state index < -0.39 is 18.3 Å². The smallest absolute Gasteiger partial charge is 0.329 e. The minimum Gasteiger partial charge on any atom is -0.329 e. The summed E-state index contributed by atoms with van der Waals surface area (Å²) in [6.07, 6.45) is -7.49. The first kappa shape index (κ1) is 15.5. The van der Waals surface area contributed by atoms with Gasteiger partial charge in [-0.3, -0.25) is 10.6 Å². The lowest BCUT2D eigenvalue weighted by Crippen LogP contribution is -2.56. The van der Waals surface area contributed by atoms with Gasteiger partial charge in [0.05, 0.1) is 0 Å².